The lowest BCUT2D eigenvalue weighted by Crippen LogP contribution is -2.34. The quantitative estimate of drug-likeness (QED) is 0.701. The van der Waals surface area contributed by atoms with Crippen molar-refractivity contribution in [3.05, 3.63) is 59.4 Å². The van der Waals surface area contributed by atoms with E-state index in [0.717, 1.165) is 5.39 Å². The molecule has 9 heteroatoms. The summed E-state index contributed by atoms with van der Waals surface area (Å²) >= 11 is 5.77. The lowest BCUT2D eigenvalue weighted by molar-refractivity contribution is -0.207. The van der Waals surface area contributed by atoms with Gasteiger partial charge in [-0.2, -0.15) is 0 Å². The molecule has 4 heterocycles. The van der Waals surface area contributed by atoms with Crippen LogP contribution in [0.3, 0.4) is 0 Å². The zero-order valence-electron chi connectivity index (χ0n) is 15.7. The van der Waals surface area contributed by atoms with Gasteiger partial charge < -0.3 is 23.9 Å². The summed E-state index contributed by atoms with van der Waals surface area (Å²) in [7, 11) is 0. The van der Waals surface area contributed by atoms with E-state index in [9.17, 15) is 9.50 Å². The molecule has 0 saturated carbocycles. The van der Waals surface area contributed by atoms with Gasteiger partial charge in [-0.25, -0.2) is 14.4 Å². The van der Waals surface area contributed by atoms with Crippen molar-refractivity contribution in [1.82, 2.24) is 14.5 Å². The van der Waals surface area contributed by atoms with Gasteiger partial charge in [0.2, 0.25) is 0 Å². The number of hydrogen-bond donors (Lipinski definition) is 1. The Kier molecular flexibility index (Phi) is 4.38. The van der Waals surface area contributed by atoms with Crippen LogP contribution in [0.1, 0.15) is 31.7 Å². The number of hydrogen-bond acceptors (Lipinski definition) is 6. The van der Waals surface area contributed by atoms with Crippen LogP contribution in [0.15, 0.2) is 43.0 Å². The highest BCUT2D eigenvalue weighted by molar-refractivity contribution is 6.30. The third kappa shape index (κ3) is 3.12. The molecule has 0 amide bonds. The van der Waals surface area contributed by atoms with E-state index in [-0.39, 0.29) is 5.02 Å². The van der Waals surface area contributed by atoms with Crippen molar-refractivity contribution in [3.8, 4) is 0 Å². The molecule has 0 radical (unpaired) electrons. The minimum atomic E-state index is -1.13. The van der Waals surface area contributed by atoms with Crippen molar-refractivity contribution in [3.63, 3.8) is 0 Å². The molecule has 1 N–H and O–H groups in total. The number of aliphatic hydroxyl groups is 1. The zero-order valence-corrected chi connectivity index (χ0v) is 16.5. The highest BCUT2D eigenvalue weighted by Crippen LogP contribution is 2.47. The van der Waals surface area contributed by atoms with Gasteiger partial charge in [0, 0.05) is 17.8 Å². The summed E-state index contributed by atoms with van der Waals surface area (Å²) in [5.41, 5.74) is 1.04. The van der Waals surface area contributed by atoms with E-state index < -0.39 is 42.2 Å². The number of aromatic nitrogens is 3. The van der Waals surface area contributed by atoms with Crippen LogP contribution in [0.5, 0.6) is 0 Å². The lowest BCUT2D eigenvalue weighted by atomic mass is 9.99. The van der Waals surface area contributed by atoms with Crippen LogP contribution in [0.25, 0.3) is 11.0 Å². The molecule has 1 aromatic carbocycles. The zero-order chi connectivity index (χ0) is 20.3. The second-order valence-corrected chi connectivity index (χ2v) is 8.11. The minimum Gasteiger partial charge on any atom is -0.386 e. The summed E-state index contributed by atoms with van der Waals surface area (Å²) in [5, 5.41) is 11.8. The number of fused-ring (bicyclic) bond motifs is 2. The number of ether oxygens (including phenoxy) is 3. The minimum absolute atomic E-state index is 0.0101. The van der Waals surface area contributed by atoms with Gasteiger partial charge in [-0.1, -0.05) is 17.7 Å². The Labute approximate surface area is 171 Å². The van der Waals surface area contributed by atoms with Crippen LogP contribution < -0.4 is 0 Å². The standard InChI is InChI=1S/C20H19ClFN3O4/c1-20(2)28-16-15(14(26)10-3-4-12(21)13(22)7-10)27-19(17(16)29-20)25-6-5-11-8-23-9-24-18(11)25/h3-9,14-17,19,26H,1-2H3/t14-,15-,16-,17-,19-/m1/s1. The van der Waals surface area contributed by atoms with Crippen LogP contribution >= 0.6 is 11.6 Å². The molecular weight excluding hydrogens is 401 g/mol. The summed E-state index contributed by atoms with van der Waals surface area (Å²) in [6.45, 7) is 3.62. The smallest absolute Gasteiger partial charge is 0.164 e. The first-order valence-electron chi connectivity index (χ1n) is 9.25. The Morgan fingerprint density at radius 2 is 2.03 bits per heavy atom. The van der Waals surface area contributed by atoms with Gasteiger partial charge in [-0.15, -0.1) is 0 Å². The summed E-state index contributed by atoms with van der Waals surface area (Å²) in [6, 6.07) is 6.07. The van der Waals surface area contributed by atoms with Crippen LogP contribution in [0, 0.1) is 5.82 Å². The second-order valence-electron chi connectivity index (χ2n) is 7.70. The topological polar surface area (TPSA) is 78.6 Å². The van der Waals surface area contributed by atoms with E-state index >= 15 is 0 Å². The molecule has 7 nitrogen and oxygen atoms in total. The van der Waals surface area contributed by atoms with Crippen molar-refractivity contribution in [1.29, 1.82) is 0 Å². The SMILES string of the molecule is CC1(C)O[C@H]2[C@@H](O1)[C@H](n1ccc3cncnc31)O[C@@H]2[C@H](O)c1ccc(Cl)c(F)c1. The molecule has 0 spiro atoms. The molecule has 152 valence electrons. The average Bonchev–Trinajstić information content (AvgIpc) is 3.34. The molecular formula is C20H19ClFN3O4. The fourth-order valence-electron chi connectivity index (χ4n) is 4.08. The third-order valence-corrected chi connectivity index (χ3v) is 5.62. The Morgan fingerprint density at radius 1 is 1.24 bits per heavy atom. The van der Waals surface area contributed by atoms with Crippen molar-refractivity contribution in [2.24, 2.45) is 0 Å². The molecule has 5 rings (SSSR count). The molecule has 29 heavy (non-hydrogen) atoms. The van der Waals surface area contributed by atoms with Crippen molar-refractivity contribution in [2.75, 3.05) is 0 Å². The highest BCUT2D eigenvalue weighted by atomic mass is 35.5. The van der Waals surface area contributed by atoms with Crippen LogP contribution in [-0.2, 0) is 14.2 Å². The van der Waals surface area contributed by atoms with Gasteiger partial charge in [-0.3, -0.25) is 0 Å². The molecule has 0 aliphatic carbocycles. The van der Waals surface area contributed by atoms with Gasteiger partial charge in [0.1, 0.15) is 42.2 Å². The monoisotopic (exact) mass is 419 g/mol. The summed E-state index contributed by atoms with van der Waals surface area (Å²) in [6.07, 6.45) is 1.50. The molecule has 2 aliphatic heterocycles. The fourth-order valence-corrected chi connectivity index (χ4v) is 4.19. The molecule has 0 bridgehead atoms. The van der Waals surface area contributed by atoms with Crippen LogP contribution in [0.4, 0.5) is 4.39 Å². The van der Waals surface area contributed by atoms with E-state index in [1.54, 1.807) is 12.3 Å². The lowest BCUT2D eigenvalue weighted by Gasteiger charge is -2.27. The van der Waals surface area contributed by atoms with E-state index in [2.05, 4.69) is 9.97 Å². The van der Waals surface area contributed by atoms with E-state index in [1.807, 2.05) is 30.7 Å². The van der Waals surface area contributed by atoms with Crippen molar-refractivity contribution >= 4 is 22.6 Å². The van der Waals surface area contributed by atoms with Gasteiger partial charge in [0.05, 0.1) is 5.02 Å². The fraction of sp³-hybridized carbons (Fsp3) is 0.400. The molecule has 0 unspecified atom stereocenters. The molecule has 2 saturated heterocycles. The van der Waals surface area contributed by atoms with Crippen LogP contribution in [0.2, 0.25) is 5.02 Å². The first-order chi connectivity index (χ1) is 13.8. The maximum absolute atomic E-state index is 13.9. The molecule has 3 aromatic rings. The first-order valence-corrected chi connectivity index (χ1v) is 9.62. The number of aliphatic hydroxyl groups excluding tert-OH is 1. The molecule has 2 fully saturated rings. The normalized spacial score (nSPS) is 29.3. The molecule has 5 atom stereocenters. The summed E-state index contributed by atoms with van der Waals surface area (Å²) in [5.74, 6) is -1.45. The van der Waals surface area contributed by atoms with E-state index in [0.29, 0.717) is 11.2 Å². The molecule has 2 aliphatic rings. The number of rotatable bonds is 3. The molecule has 2 aromatic heterocycles. The summed E-state index contributed by atoms with van der Waals surface area (Å²) in [4.78, 5) is 8.37. The Morgan fingerprint density at radius 3 is 2.83 bits per heavy atom. The Balaban J connectivity index is 1.52. The number of nitrogens with zero attached hydrogens (tertiary/aromatic N) is 3. The van der Waals surface area contributed by atoms with Crippen molar-refractivity contribution < 1.29 is 23.7 Å². The Hall–Kier alpha value is -2.10. The largest absolute Gasteiger partial charge is 0.386 e. The van der Waals surface area contributed by atoms with Gasteiger partial charge >= 0.3 is 0 Å². The van der Waals surface area contributed by atoms with Crippen LogP contribution in [-0.4, -0.2) is 43.7 Å². The van der Waals surface area contributed by atoms with E-state index in [4.69, 9.17) is 25.8 Å². The maximum Gasteiger partial charge on any atom is 0.164 e. The average molecular weight is 420 g/mol. The van der Waals surface area contributed by atoms with Crippen molar-refractivity contribution in [2.45, 2.75) is 50.3 Å². The second kappa shape index (κ2) is 6.72. The third-order valence-electron chi connectivity index (χ3n) is 5.31. The first kappa shape index (κ1) is 18.9. The maximum atomic E-state index is 13.9. The highest BCUT2D eigenvalue weighted by Gasteiger charge is 2.58. The predicted octanol–water partition coefficient (Wildman–Crippen LogP) is 3.37. The van der Waals surface area contributed by atoms with Gasteiger partial charge in [0.25, 0.3) is 0 Å². The van der Waals surface area contributed by atoms with Gasteiger partial charge in [0.15, 0.2) is 12.0 Å². The summed E-state index contributed by atoms with van der Waals surface area (Å²) < 4.78 is 34.1. The Bertz CT molecular complexity index is 1070. The predicted molar refractivity (Wildman–Crippen MR) is 102 cm³/mol. The number of benzene rings is 1. The van der Waals surface area contributed by atoms with Gasteiger partial charge in [-0.05, 0) is 37.6 Å². The number of halogens is 2. The van der Waals surface area contributed by atoms with E-state index in [1.165, 1.54) is 18.5 Å².